The number of nitrogens with one attached hydrogen (secondary N) is 2. The average Bonchev–Trinajstić information content (AvgIpc) is 3.01. The molecule has 3 rings (SSSR count). The highest BCUT2D eigenvalue weighted by Gasteiger charge is 2.51. The summed E-state index contributed by atoms with van der Waals surface area (Å²) in [7, 11) is 0. The zero-order chi connectivity index (χ0) is 15.1. The van der Waals surface area contributed by atoms with Crippen LogP contribution in [-0.4, -0.2) is 64.9 Å². The average molecular weight is 294 g/mol. The lowest BCUT2D eigenvalue weighted by molar-refractivity contribution is -0.156. The van der Waals surface area contributed by atoms with E-state index in [0.717, 1.165) is 12.8 Å². The monoisotopic (exact) mass is 294 g/mol. The molecular formula is C14H22N4O3. The summed E-state index contributed by atoms with van der Waals surface area (Å²) in [4.78, 5) is 40.0. The van der Waals surface area contributed by atoms with E-state index in [9.17, 15) is 14.4 Å². The second kappa shape index (κ2) is 5.20. The van der Waals surface area contributed by atoms with Crippen LogP contribution >= 0.6 is 0 Å². The van der Waals surface area contributed by atoms with Gasteiger partial charge in [-0.2, -0.15) is 0 Å². The molecule has 3 fully saturated rings. The molecule has 21 heavy (non-hydrogen) atoms. The van der Waals surface area contributed by atoms with Gasteiger partial charge in [0.2, 0.25) is 11.8 Å². The standard InChI is InChI=1S/C14H22N4O3/c1-8(2)15-14(21)16-9-6-11-13(20)17-5-3-4-10(17)12(19)18(11)7-9/h8-11H,3-7H2,1-2H3,(H2,15,16,21). The summed E-state index contributed by atoms with van der Waals surface area (Å²) >= 11 is 0. The number of carbonyl (C=O) groups excluding carboxylic acids is 3. The first kappa shape index (κ1) is 14.2. The van der Waals surface area contributed by atoms with Gasteiger partial charge in [-0.25, -0.2) is 4.79 Å². The molecule has 0 spiro atoms. The van der Waals surface area contributed by atoms with Gasteiger partial charge in [-0.3, -0.25) is 9.59 Å². The number of amides is 4. The van der Waals surface area contributed by atoms with E-state index >= 15 is 0 Å². The fourth-order valence-corrected chi connectivity index (χ4v) is 3.58. The molecule has 3 heterocycles. The van der Waals surface area contributed by atoms with Gasteiger partial charge in [-0.15, -0.1) is 0 Å². The number of rotatable bonds is 2. The van der Waals surface area contributed by atoms with Crippen LogP contribution in [0.3, 0.4) is 0 Å². The number of hydrogen-bond acceptors (Lipinski definition) is 3. The molecule has 0 saturated carbocycles. The third kappa shape index (κ3) is 2.45. The zero-order valence-electron chi connectivity index (χ0n) is 12.5. The molecule has 0 radical (unpaired) electrons. The summed E-state index contributed by atoms with van der Waals surface area (Å²) in [6.07, 6.45) is 2.18. The van der Waals surface area contributed by atoms with Crippen LogP contribution in [0.2, 0.25) is 0 Å². The predicted octanol–water partition coefficient (Wildman–Crippen LogP) is -0.332. The van der Waals surface area contributed by atoms with Crippen LogP contribution in [0.15, 0.2) is 0 Å². The molecule has 4 amide bonds. The van der Waals surface area contributed by atoms with Gasteiger partial charge in [0.25, 0.3) is 0 Å². The first-order chi connectivity index (χ1) is 9.97. The Morgan fingerprint density at radius 2 is 1.90 bits per heavy atom. The predicted molar refractivity (Wildman–Crippen MR) is 75.4 cm³/mol. The summed E-state index contributed by atoms with van der Waals surface area (Å²) in [6.45, 7) is 4.90. The molecule has 0 aromatic rings. The molecule has 116 valence electrons. The van der Waals surface area contributed by atoms with Crippen molar-refractivity contribution >= 4 is 17.8 Å². The second-order valence-corrected chi connectivity index (χ2v) is 6.40. The van der Waals surface area contributed by atoms with Crippen molar-refractivity contribution in [3.8, 4) is 0 Å². The van der Waals surface area contributed by atoms with Crippen LogP contribution in [-0.2, 0) is 9.59 Å². The minimum Gasteiger partial charge on any atom is -0.336 e. The topological polar surface area (TPSA) is 81.8 Å². The van der Waals surface area contributed by atoms with Crippen molar-refractivity contribution in [2.45, 2.75) is 57.3 Å². The van der Waals surface area contributed by atoms with E-state index in [0.29, 0.717) is 19.5 Å². The first-order valence-electron chi connectivity index (χ1n) is 7.65. The molecule has 0 aromatic heterocycles. The Balaban J connectivity index is 1.66. The van der Waals surface area contributed by atoms with Crippen LogP contribution in [0.1, 0.15) is 33.1 Å². The lowest BCUT2D eigenvalue weighted by atomic mass is 10.1. The molecule has 0 aromatic carbocycles. The minimum absolute atomic E-state index is 0.0469. The van der Waals surface area contributed by atoms with E-state index in [1.54, 1.807) is 9.80 Å². The second-order valence-electron chi connectivity index (χ2n) is 6.40. The number of piperazine rings is 1. The fourth-order valence-electron chi connectivity index (χ4n) is 3.58. The fraction of sp³-hybridized carbons (Fsp3) is 0.786. The zero-order valence-corrected chi connectivity index (χ0v) is 12.5. The van der Waals surface area contributed by atoms with Crippen LogP contribution < -0.4 is 10.6 Å². The van der Waals surface area contributed by atoms with Gasteiger partial charge in [0.05, 0.1) is 6.04 Å². The van der Waals surface area contributed by atoms with E-state index in [2.05, 4.69) is 10.6 Å². The molecule has 0 bridgehead atoms. The van der Waals surface area contributed by atoms with Crippen molar-refractivity contribution in [2.75, 3.05) is 13.1 Å². The van der Waals surface area contributed by atoms with Gasteiger partial charge >= 0.3 is 6.03 Å². The van der Waals surface area contributed by atoms with E-state index in [1.165, 1.54) is 0 Å². The molecule has 7 nitrogen and oxygen atoms in total. The molecule has 0 aliphatic carbocycles. The highest BCUT2D eigenvalue weighted by molar-refractivity contribution is 5.98. The van der Waals surface area contributed by atoms with Crippen LogP contribution in [0.5, 0.6) is 0 Å². The lowest BCUT2D eigenvalue weighted by Gasteiger charge is -2.38. The van der Waals surface area contributed by atoms with Crippen molar-refractivity contribution in [3.63, 3.8) is 0 Å². The van der Waals surface area contributed by atoms with E-state index < -0.39 is 6.04 Å². The van der Waals surface area contributed by atoms with E-state index in [-0.39, 0.29) is 36.0 Å². The maximum atomic E-state index is 12.4. The smallest absolute Gasteiger partial charge is 0.315 e. The quantitative estimate of drug-likeness (QED) is 0.731. The first-order valence-corrected chi connectivity index (χ1v) is 7.65. The van der Waals surface area contributed by atoms with Crippen molar-refractivity contribution in [1.29, 1.82) is 0 Å². The van der Waals surface area contributed by atoms with Gasteiger partial charge in [0, 0.05) is 19.1 Å². The van der Waals surface area contributed by atoms with Gasteiger partial charge in [0.15, 0.2) is 0 Å². The Morgan fingerprint density at radius 1 is 1.19 bits per heavy atom. The highest BCUT2D eigenvalue weighted by atomic mass is 16.2. The van der Waals surface area contributed by atoms with Crippen LogP contribution in [0.25, 0.3) is 0 Å². The number of nitrogens with zero attached hydrogens (tertiary/aromatic N) is 2. The molecule has 3 atom stereocenters. The SMILES string of the molecule is CC(C)NC(=O)NC1CC2C(=O)N3CCCC3C(=O)N2C1. The highest BCUT2D eigenvalue weighted by Crippen LogP contribution is 2.32. The maximum absolute atomic E-state index is 12.4. The number of fused-ring (bicyclic) bond motifs is 2. The molecule has 3 aliphatic rings. The van der Waals surface area contributed by atoms with Gasteiger partial charge in [-0.05, 0) is 33.1 Å². The van der Waals surface area contributed by atoms with Crippen molar-refractivity contribution in [2.24, 2.45) is 0 Å². The summed E-state index contributed by atoms with van der Waals surface area (Å²) in [5.41, 5.74) is 0. The number of hydrogen-bond donors (Lipinski definition) is 2. The molecule has 7 heteroatoms. The third-order valence-electron chi connectivity index (χ3n) is 4.45. The van der Waals surface area contributed by atoms with Gasteiger partial charge in [0.1, 0.15) is 12.1 Å². The Bertz CT molecular complexity index is 449. The Kier molecular flexibility index (Phi) is 3.51. The normalized spacial score (nSPS) is 31.5. The van der Waals surface area contributed by atoms with Crippen molar-refractivity contribution < 1.29 is 14.4 Å². The van der Waals surface area contributed by atoms with Crippen LogP contribution in [0, 0.1) is 0 Å². The molecular weight excluding hydrogens is 272 g/mol. The van der Waals surface area contributed by atoms with Crippen molar-refractivity contribution in [3.05, 3.63) is 0 Å². The number of carbonyl (C=O) groups is 3. The third-order valence-corrected chi connectivity index (χ3v) is 4.45. The minimum atomic E-state index is -0.392. The Labute approximate surface area is 124 Å². The van der Waals surface area contributed by atoms with E-state index in [4.69, 9.17) is 0 Å². The largest absolute Gasteiger partial charge is 0.336 e. The molecule has 3 unspecified atom stereocenters. The van der Waals surface area contributed by atoms with Crippen LogP contribution in [0.4, 0.5) is 4.79 Å². The maximum Gasteiger partial charge on any atom is 0.315 e. The summed E-state index contributed by atoms with van der Waals surface area (Å²) in [6, 6.07) is -0.993. The van der Waals surface area contributed by atoms with Gasteiger partial charge < -0.3 is 20.4 Å². The van der Waals surface area contributed by atoms with E-state index in [1.807, 2.05) is 13.8 Å². The lowest BCUT2D eigenvalue weighted by Crippen LogP contribution is -2.60. The van der Waals surface area contributed by atoms with Crippen molar-refractivity contribution in [1.82, 2.24) is 20.4 Å². The molecule has 3 aliphatic heterocycles. The summed E-state index contributed by atoms with van der Waals surface area (Å²) in [5.74, 6) is 0.0938. The summed E-state index contributed by atoms with van der Waals surface area (Å²) in [5, 5.41) is 5.62. The molecule has 3 saturated heterocycles. The summed E-state index contributed by atoms with van der Waals surface area (Å²) < 4.78 is 0. The Morgan fingerprint density at radius 3 is 2.62 bits per heavy atom. The van der Waals surface area contributed by atoms with Gasteiger partial charge in [-0.1, -0.05) is 0 Å². The molecule has 2 N–H and O–H groups in total. The number of urea groups is 1. The Hall–Kier alpha value is -1.79.